The first-order valence-electron chi connectivity index (χ1n) is 9.40. The van der Waals surface area contributed by atoms with E-state index in [9.17, 15) is 4.79 Å². The SMILES string of the molecule is CCOc1nc2ccccc2nc1NC(=O)N1CCN(c2ccsc2C)CC1. The van der Waals surface area contributed by atoms with Crippen LogP contribution < -0.4 is 15.0 Å². The van der Waals surface area contributed by atoms with Crippen molar-refractivity contribution in [1.82, 2.24) is 14.9 Å². The lowest BCUT2D eigenvalue weighted by Gasteiger charge is -2.36. The van der Waals surface area contributed by atoms with Crippen LogP contribution in [-0.2, 0) is 0 Å². The van der Waals surface area contributed by atoms with Crippen LogP contribution in [0.25, 0.3) is 11.0 Å². The van der Waals surface area contributed by atoms with Gasteiger partial charge >= 0.3 is 6.03 Å². The molecule has 3 heterocycles. The number of nitrogens with zero attached hydrogens (tertiary/aromatic N) is 4. The molecule has 146 valence electrons. The lowest BCUT2D eigenvalue weighted by molar-refractivity contribution is 0.208. The summed E-state index contributed by atoms with van der Waals surface area (Å²) in [5.41, 5.74) is 2.73. The number of piperazine rings is 1. The van der Waals surface area contributed by atoms with Gasteiger partial charge in [0.05, 0.1) is 23.3 Å². The fraction of sp³-hybridized carbons (Fsp3) is 0.350. The number of aryl methyl sites for hydroxylation is 1. The lowest BCUT2D eigenvalue weighted by Crippen LogP contribution is -2.50. The number of fused-ring (bicyclic) bond motifs is 1. The molecule has 0 spiro atoms. The van der Waals surface area contributed by atoms with Gasteiger partial charge in [-0.2, -0.15) is 0 Å². The van der Waals surface area contributed by atoms with Gasteiger partial charge in [0.25, 0.3) is 5.88 Å². The summed E-state index contributed by atoms with van der Waals surface area (Å²) in [7, 11) is 0. The molecule has 0 radical (unpaired) electrons. The number of carbonyl (C=O) groups excluding carboxylic acids is 1. The molecule has 2 aromatic heterocycles. The zero-order chi connectivity index (χ0) is 19.5. The predicted molar refractivity (Wildman–Crippen MR) is 113 cm³/mol. The monoisotopic (exact) mass is 397 g/mol. The highest BCUT2D eigenvalue weighted by Gasteiger charge is 2.24. The van der Waals surface area contributed by atoms with Crippen LogP contribution in [0.4, 0.5) is 16.3 Å². The number of benzene rings is 1. The molecule has 3 aromatic rings. The number of carbonyl (C=O) groups is 1. The van der Waals surface area contributed by atoms with Crippen LogP contribution in [0, 0.1) is 6.92 Å². The zero-order valence-electron chi connectivity index (χ0n) is 16.0. The molecule has 28 heavy (non-hydrogen) atoms. The van der Waals surface area contributed by atoms with Crippen molar-refractivity contribution < 1.29 is 9.53 Å². The Bertz CT molecular complexity index is 982. The van der Waals surface area contributed by atoms with E-state index in [1.807, 2.05) is 36.1 Å². The minimum Gasteiger partial charge on any atom is -0.475 e. The van der Waals surface area contributed by atoms with Gasteiger partial charge in [-0.1, -0.05) is 12.1 Å². The number of para-hydroxylation sites is 2. The van der Waals surface area contributed by atoms with Crippen LogP contribution in [0.5, 0.6) is 5.88 Å². The van der Waals surface area contributed by atoms with Gasteiger partial charge in [-0.15, -0.1) is 11.3 Å². The first kappa shape index (κ1) is 18.5. The number of anilines is 2. The van der Waals surface area contributed by atoms with Crippen molar-refractivity contribution in [3.8, 4) is 5.88 Å². The van der Waals surface area contributed by atoms with Gasteiger partial charge in [0.2, 0.25) is 0 Å². The Morgan fingerprint density at radius 3 is 2.50 bits per heavy atom. The first-order chi connectivity index (χ1) is 13.7. The van der Waals surface area contributed by atoms with Gasteiger partial charge in [-0.3, -0.25) is 5.32 Å². The quantitative estimate of drug-likeness (QED) is 0.726. The molecular formula is C20H23N5O2S. The van der Waals surface area contributed by atoms with Crippen LogP contribution in [0.3, 0.4) is 0 Å². The van der Waals surface area contributed by atoms with Crippen molar-refractivity contribution in [3.05, 3.63) is 40.6 Å². The molecule has 0 bridgehead atoms. The molecule has 0 unspecified atom stereocenters. The fourth-order valence-corrected chi connectivity index (χ4v) is 4.06. The molecule has 1 aliphatic heterocycles. The molecule has 1 fully saturated rings. The number of thiophene rings is 1. The largest absolute Gasteiger partial charge is 0.475 e. The lowest BCUT2D eigenvalue weighted by atomic mass is 10.2. The molecule has 7 nitrogen and oxygen atoms in total. The standard InChI is InChI=1S/C20H23N5O2S/c1-3-27-19-18(21-15-6-4-5-7-16(15)22-19)23-20(26)25-11-9-24(10-12-25)17-8-13-28-14(17)2/h4-8,13H,3,9-12H2,1-2H3,(H,21,23,26). The Kier molecular flexibility index (Phi) is 5.29. The van der Waals surface area contributed by atoms with E-state index in [1.165, 1.54) is 10.6 Å². The number of aromatic nitrogens is 2. The van der Waals surface area contributed by atoms with E-state index in [0.717, 1.165) is 24.1 Å². The van der Waals surface area contributed by atoms with E-state index in [1.54, 1.807) is 11.3 Å². The topological polar surface area (TPSA) is 70.6 Å². The van der Waals surface area contributed by atoms with E-state index in [2.05, 4.69) is 38.6 Å². The molecule has 8 heteroatoms. The van der Waals surface area contributed by atoms with Crippen molar-refractivity contribution in [1.29, 1.82) is 0 Å². The van der Waals surface area contributed by atoms with E-state index >= 15 is 0 Å². The second-order valence-electron chi connectivity index (χ2n) is 6.57. The first-order valence-corrected chi connectivity index (χ1v) is 10.3. The molecule has 1 N–H and O–H groups in total. The highest BCUT2D eigenvalue weighted by Crippen LogP contribution is 2.27. The molecule has 0 aliphatic carbocycles. The minimum atomic E-state index is -0.174. The Labute approximate surface area is 168 Å². The molecule has 0 atom stereocenters. The second kappa shape index (κ2) is 8.02. The van der Waals surface area contributed by atoms with Crippen molar-refractivity contribution in [2.75, 3.05) is 43.0 Å². The van der Waals surface area contributed by atoms with Gasteiger partial charge in [0, 0.05) is 31.1 Å². The summed E-state index contributed by atoms with van der Waals surface area (Å²) in [5.74, 6) is 0.712. The maximum atomic E-state index is 12.8. The summed E-state index contributed by atoms with van der Waals surface area (Å²) in [5, 5.41) is 5.00. The number of rotatable bonds is 4. The van der Waals surface area contributed by atoms with Crippen molar-refractivity contribution in [2.45, 2.75) is 13.8 Å². The fourth-order valence-electron chi connectivity index (χ4n) is 3.34. The zero-order valence-corrected chi connectivity index (χ0v) is 16.8. The highest BCUT2D eigenvalue weighted by molar-refractivity contribution is 7.10. The Morgan fingerprint density at radius 2 is 1.86 bits per heavy atom. The van der Waals surface area contributed by atoms with E-state index in [-0.39, 0.29) is 6.03 Å². The van der Waals surface area contributed by atoms with Gasteiger partial charge in [-0.25, -0.2) is 14.8 Å². The summed E-state index contributed by atoms with van der Waals surface area (Å²) >= 11 is 1.75. The highest BCUT2D eigenvalue weighted by atomic mass is 32.1. The van der Waals surface area contributed by atoms with Crippen LogP contribution in [0.1, 0.15) is 11.8 Å². The van der Waals surface area contributed by atoms with Crippen LogP contribution in [0.2, 0.25) is 0 Å². The minimum absolute atomic E-state index is 0.174. The predicted octanol–water partition coefficient (Wildman–Crippen LogP) is 3.75. The normalized spacial score (nSPS) is 14.4. The van der Waals surface area contributed by atoms with Crippen LogP contribution >= 0.6 is 11.3 Å². The summed E-state index contributed by atoms with van der Waals surface area (Å²) in [6, 6.07) is 9.52. The van der Waals surface area contributed by atoms with Crippen LogP contribution in [-0.4, -0.2) is 53.7 Å². The number of ether oxygens (including phenoxy) is 1. The van der Waals surface area contributed by atoms with Gasteiger partial charge < -0.3 is 14.5 Å². The summed E-state index contributed by atoms with van der Waals surface area (Å²) in [6.45, 7) is 7.41. The molecule has 1 aliphatic rings. The number of urea groups is 1. The molecule has 0 saturated carbocycles. The Morgan fingerprint density at radius 1 is 1.14 bits per heavy atom. The molecule has 4 rings (SSSR count). The van der Waals surface area contributed by atoms with Crippen molar-refractivity contribution in [3.63, 3.8) is 0 Å². The van der Waals surface area contributed by atoms with E-state index in [0.29, 0.717) is 31.4 Å². The molecule has 2 amide bonds. The number of hydrogen-bond donors (Lipinski definition) is 1. The maximum absolute atomic E-state index is 12.8. The third kappa shape index (κ3) is 3.73. The second-order valence-corrected chi connectivity index (χ2v) is 7.69. The average Bonchev–Trinajstić information content (AvgIpc) is 3.14. The maximum Gasteiger partial charge on any atom is 0.323 e. The van der Waals surface area contributed by atoms with E-state index < -0.39 is 0 Å². The molecular weight excluding hydrogens is 374 g/mol. The summed E-state index contributed by atoms with van der Waals surface area (Å²) < 4.78 is 5.60. The average molecular weight is 398 g/mol. The summed E-state index contributed by atoms with van der Waals surface area (Å²) in [6.07, 6.45) is 0. The Balaban J connectivity index is 1.46. The van der Waals surface area contributed by atoms with Gasteiger partial charge in [-0.05, 0) is 37.4 Å². The number of amides is 2. The smallest absolute Gasteiger partial charge is 0.323 e. The van der Waals surface area contributed by atoms with Crippen molar-refractivity contribution >= 4 is 39.9 Å². The third-order valence-corrected chi connectivity index (χ3v) is 5.62. The molecule has 1 saturated heterocycles. The van der Waals surface area contributed by atoms with Gasteiger partial charge in [0.15, 0.2) is 5.82 Å². The van der Waals surface area contributed by atoms with Crippen LogP contribution in [0.15, 0.2) is 35.7 Å². The third-order valence-electron chi connectivity index (χ3n) is 4.78. The van der Waals surface area contributed by atoms with Gasteiger partial charge in [0.1, 0.15) is 0 Å². The van der Waals surface area contributed by atoms with E-state index in [4.69, 9.17) is 4.74 Å². The number of hydrogen-bond acceptors (Lipinski definition) is 6. The number of nitrogens with one attached hydrogen (secondary N) is 1. The Hall–Kier alpha value is -2.87. The molecule has 1 aromatic carbocycles. The summed E-state index contributed by atoms with van der Waals surface area (Å²) in [4.78, 5) is 27.3. The van der Waals surface area contributed by atoms with Crippen molar-refractivity contribution in [2.24, 2.45) is 0 Å².